The van der Waals surface area contributed by atoms with Crippen LogP contribution in [0.5, 0.6) is 0 Å². The second-order valence-electron chi connectivity index (χ2n) is 4.26. The van der Waals surface area contributed by atoms with Crippen molar-refractivity contribution in [3.05, 3.63) is 0 Å². The summed E-state index contributed by atoms with van der Waals surface area (Å²) in [5, 5.41) is 0. The average Bonchev–Trinajstić information content (AvgIpc) is 2.09. The van der Waals surface area contributed by atoms with Crippen LogP contribution in [0.4, 0.5) is 0 Å². The largest absolute Gasteiger partial charge is 0.378 e. The Morgan fingerprint density at radius 3 is 2.13 bits per heavy atom. The standard InChI is InChI=1S/C10H21ClO3S/c1-5-9(4)14-6-10(8(2)3)7-15(11,12)13/h8-10H,5-7H2,1-4H3. The van der Waals surface area contributed by atoms with E-state index >= 15 is 0 Å². The van der Waals surface area contributed by atoms with Crippen LogP contribution < -0.4 is 0 Å². The summed E-state index contributed by atoms with van der Waals surface area (Å²) in [6.07, 6.45) is 1.10. The van der Waals surface area contributed by atoms with E-state index in [1.54, 1.807) is 0 Å². The molecular formula is C10H21ClO3S. The molecule has 0 bridgehead atoms. The lowest BCUT2D eigenvalue weighted by Crippen LogP contribution is -2.25. The van der Waals surface area contributed by atoms with E-state index in [2.05, 4.69) is 0 Å². The van der Waals surface area contributed by atoms with Gasteiger partial charge in [0, 0.05) is 10.7 Å². The van der Waals surface area contributed by atoms with Crippen molar-refractivity contribution in [2.75, 3.05) is 12.4 Å². The number of rotatable bonds is 7. The maximum absolute atomic E-state index is 11.0. The van der Waals surface area contributed by atoms with E-state index in [0.29, 0.717) is 6.61 Å². The summed E-state index contributed by atoms with van der Waals surface area (Å²) in [5.74, 6) is 0.215. The van der Waals surface area contributed by atoms with Crippen LogP contribution in [0.15, 0.2) is 0 Å². The van der Waals surface area contributed by atoms with Gasteiger partial charge >= 0.3 is 0 Å². The Morgan fingerprint density at radius 2 is 1.80 bits per heavy atom. The normalized spacial score (nSPS) is 16.7. The number of hydrogen-bond donors (Lipinski definition) is 0. The quantitative estimate of drug-likeness (QED) is 0.658. The minimum Gasteiger partial charge on any atom is -0.378 e. The van der Waals surface area contributed by atoms with Crippen molar-refractivity contribution in [1.29, 1.82) is 0 Å². The lowest BCUT2D eigenvalue weighted by Gasteiger charge is -2.21. The first-order valence-corrected chi connectivity index (χ1v) is 7.78. The summed E-state index contributed by atoms with van der Waals surface area (Å²) < 4.78 is 27.5. The molecule has 0 saturated carbocycles. The molecule has 0 fully saturated rings. The van der Waals surface area contributed by atoms with Gasteiger partial charge in [-0.15, -0.1) is 0 Å². The first-order valence-electron chi connectivity index (χ1n) is 5.30. The van der Waals surface area contributed by atoms with Crippen LogP contribution in [0.2, 0.25) is 0 Å². The Labute approximate surface area is 97.6 Å². The van der Waals surface area contributed by atoms with Crippen LogP contribution in [0.25, 0.3) is 0 Å². The van der Waals surface area contributed by atoms with E-state index in [4.69, 9.17) is 15.4 Å². The molecule has 2 atom stereocenters. The zero-order chi connectivity index (χ0) is 12.1. The Bertz CT molecular complexity index is 262. The fourth-order valence-corrected chi connectivity index (χ4v) is 2.57. The summed E-state index contributed by atoms with van der Waals surface area (Å²) in [7, 11) is 1.81. The fraction of sp³-hybridized carbons (Fsp3) is 1.00. The van der Waals surface area contributed by atoms with Crippen molar-refractivity contribution in [1.82, 2.24) is 0 Å². The Balaban J connectivity index is 4.18. The van der Waals surface area contributed by atoms with Gasteiger partial charge in [-0.1, -0.05) is 20.8 Å². The first-order chi connectivity index (χ1) is 6.76. The summed E-state index contributed by atoms with van der Waals surface area (Å²) in [4.78, 5) is 0. The Kier molecular flexibility index (Phi) is 6.80. The fourth-order valence-electron chi connectivity index (χ4n) is 1.09. The van der Waals surface area contributed by atoms with Crippen LogP contribution in [0, 0.1) is 11.8 Å². The average molecular weight is 257 g/mol. The maximum Gasteiger partial charge on any atom is 0.232 e. The molecule has 0 aliphatic carbocycles. The molecule has 0 N–H and O–H groups in total. The predicted octanol–water partition coefficient (Wildman–Crippen LogP) is 2.64. The van der Waals surface area contributed by atoms with Gasteiger partial charge in [0.25, 0.3) is 0 Å². The van der Waals surface area contributed by atoms with E-state index in [0.717, 1.165) is 6.42 Å². The smallest absolute Gasteiger partial charge is 0.232 e. The van der Waals surface area contributed by atoms with Crippen molar-refractivity contribution in [2.24, 2.45) is 11.8 Å². The minimum absolute atomic E-state index is 0.0113. The van der Waals surface area contributed by atoms with Crippen molar-refractivity contribution in [3.63, 3.8) is 0 Å². The molecule has 0 amide bonds. The SMILES string of the molecule is CCC(C)OCC(CS(=O)(=O)Cl)C(C)C. The highest BCUT2D eigenvalue weighted by Crippen LogP contribution is 2.17. The Morgan fingerprint density at radius 1 is 1.27 bits per heavy atom. The third kappa shape index (κ3) is 8.05. The minimum atomic E-state index is -3.43. The van der Waals surface area contributed by atoms with Gasteiger partial charge < -0.3 is 4.74 Å². The number of hydrogen-bond acceptors (Lipinski definition) is 3. The van der Waals surface area contributed by atoms with Gasteiger partial charge in [0.1, 0.15) is 0 Å². The van der Waals surface area contributed by atoms with Gasteiger partial charge in [0.05, 0.1) is 18.5 Å². The number of ether oxygens (including phenoxy) is 1. The molecule has 0 aromatic heterocycles. The molecule has 5 heteroatoms. The van der Waals surface area contributed by atoms with E-state index in [-0.39, 0.29) is 23.7 Å². The Hall–Kier alpha value is 0.200. The molecule has 0 radical (unpaired) electrons. The zero-order valence-corrected chi connectivity index (χ0v) is 11.4. The summed E-state index contributed by atoms with van der Waals surface area (Å²) in [6.45, 7) is 8.43. The molecule has 0 aromatic rings. The molecule has 92 valence electrons. The van der Waals surface area contributed by atoms with Gasteiger partial charge in [-0.2, -0.15) is 0 Å². The maximum atomic E-state index is 11.0. The third-order valence-corrected chi connectivity index (χ3v) is 3.73. The second-order valence-corrected chi connectivity index (χ2v) is 7.08. The molecule has 0 aromatic carbocycles. The molecule has 15 heavy (non-hydrogen) atoms. The molecule has 0 saturated heterocycles. The van der Waals surface area contributed by atoms with E-state index in [1.165, 1.54) is 0 Å². The van der Waals surface area contributed by atoms with E-state index in [9.17, 15) is 8.42 Å². The predicted molar refractivity (Wildman–Crippen MR) is 63.7 cm³/mol. The van der Waals surface area contributed by atoms with Crippen LogP contribution in [-0.4, -0.2) is 26.9 Å². The van der Waals surface area contributed by atoms with Crippen LogP contribution in [-0.2, 0) is 13.8 Å². The van der Waals surface area contributed by atoms with Gasteiger partial charge in [-0.25, -0.2) is 8.42 Å². The number of halogens is 1. The highest BCUT2D eigenvalue weighted by Gasteiger charge is 2.21. The highest BCUT2D eigenvalue weighted by atomic mass is 35.7. The lowest BCUT2D eigenvalue weighted by molar-refractivity contribution is 0.0328. The molecule has 0 spiro atoms. The van der Waals surface area contributed by atoms with E-state index in [1.807, 2.05) is 27.7 Å². The molecule has 0 heterocycles. The monoisotopic (exact) mass is 256 g/mol. The van der Waals surface area contributed by atoms with Crippen LogP contribution in [0.3, 0.4) is 0 Å². The van der Waals surface area contributed by atoms with Gasteiger partial charge in [0.15, 0.2) is 0 Å². The van der Waals surface area contributed by atoms with Gasteiger partial charge in [-0.05, 0) is 25.2 Å². The third-order valence-electron chi connectivity index (χ3n) is 2.53. The summed E-state index contributed by atoms with van der Waals surface area (Å²) >= 11 is 0. The van der Waals surface area contributed by atoms with Crippen LogP contribution >= 0.6 is 10.7 Å². The molecular weight excluding hydrogens is 236 g/mol. The molecule has 0 aliphatic heterocycles. The van der Waals surface area contributed by atoms with Gasteiger partial charge in [0.2, 0.25) is 9.05 Å². The van der Waals surface area contributed by atoms with Crippen molar-refractivity contribution in [3.8, 4) is 0 Å². The molecule has 3 nitrogen and oxygen atoms in total. The van der Waals surface area contributed by atoms with E-state index < -0.39 is 9.05 Å². The lowest BCUT2D eigenvalue weighted by atomic mass is 9.99. The highest BCUT2D eigenvalue weighted by molar-refractivity contribution is 8.13. The van der Waals surface area contributed by atoms with Gasteiger partial charge in [-0.3, -0.25) is 0 Å². The summed E-state index contributed by atoms with van der Waals surface area (Å²) in [6, 6.07) is 0. The summed E-state index contributed by atoms with van der Waals surface area (Å²) in [5.41, 5.74) is 0. The zero-order valence-electron chi connectivity index (χ0n) is 9.86. The van der Waals surface area contributed by atoms with Crippen molar-refractivity contribution in [2.45, 2.75) is 40.2 Å². The van der Waals surface area contributed by atoms with Crippen molar-refractivity contribution < 1.29 is 13.2 Å². The van der Waals surface area contributed by atoms with Crippen LogP contribution in [0.1, 0.15) is 34.1 Å². The molecule has 0 aliphatic rings. The van der Waals surface area contributed by atoms with Crippen molar-refractivity contribution >= 4 is 19.7 Å². The first kappa shape index (κ1) is 15.2. The second kappa shape index (κ2) is 6.71. The molecule has 0 rings (SSSR count). The molecule has 2 unspecified atom stereocenters. The topological polar surface area (TPSA) is 43.4 Å².